The molecule has 1 amide bonds. The number of nitrogens with zero attached hydrogens (tertiary/aromatic N) is 5. The summed E-state index contributed by atoms with van der Waals surface area (Å²) in [4.78, 5) is 27.9. The van der Waals surface area contributed by atoms with Crippen LogP contribution in [-0.2, 0) is 20.4 Å². The smallest absolute Gasteiger partial charge is 0.420 e. The first-order chi connectivity index (χ1) is 31.8. The average molecular weight is 977 g/mol. The van der Waals surface area contributed by atoms with Crippen molar-refractivity contribution in [2.24, 2.45) is 0 Å². The minimum absolute atomic E-state index is 0.0228. The van der Waals surface area contributed by atoms with Gasteiger partial charge in [0.25, 0.3) is 0 Å². The lowest BCUT2D eigenvalue weighted by molar-refractivity contribution is -0.166. The third kappa shape index (κ3) is 9.95. The lowest BCUT2D eigenvalue weighted by Crippen LogP contribution is -2.43. The number of benzene rings is 2. The number of halogens is 7. The number of carbonyl (C=O) groups excluding carboxylic acids is 1. The van der Waals surface area contributed by atoms with Crippen molar-refractivity contribution in [3.8, 4) is 29.0 Å². The summed E-state index contributed by atoms with van der Waals surface area (Å²) in [7, 11) is 0. The lowest BCUT2D eigenvalue weighted by Gasteiger charge is -2.31. The molecule has 4 N–H and O–H groups in total. The number of nitriles is 1. The van der Waals surface area contributed by atoms with E-state index in [1.807, 2.05) is 11.0 Å². The van der Waals surface area contributed by atoms with Crippen LogP contribution in [0, 0.1) is 23.0 Å². The molecule has 0 bridgehead atoms. The molecule has 8 rings (SSSR count). The third-order valence-corrected chi connectivity index (χ3v) is 13.1. The van der Waals surface area contributed by atoms with Gasteiger partial charge in [-0.05, 0) is 84.0 Å². The molecule has 6 heterocycles. The topological polar surface area (TPSA) is 179 Å². The van der Waals surface area contributed by atoms with Crippen LogP contribution in [-0.4, -0.2) is 89.1 Å². The summed E-state index contributed by atoms with van der Waals surface area (Å²) in [5, 5.41) is 14.8. The van der Waals surface area contributed by atoms with E-state index in [2.05, 4.69) is 25.6 Å². The van der Waals surface area contributed by atoms with E-state index in [0.29, 0.717) is 42.9 Å². The van der Waals surface area contributed by atoms with E-state index in [4.69, 9.17) is 41.0 Å². The van der Waals surface area contributed by atoms with E-state index in [9.17, 15) is 14.4 Å². The maximum Gasteiger partial charge on any atom is 0.420 e. The van der Waals surface area contributed by atoms with Crippen LogP contribution in [0.3, 0.4) is 0 Å². The predicted octanol–water partition coefficient (Wildman–Crippen LogP) is 10.7. The van der Waals surface area contributed by atoms with Gasteiger partial charge in [-0.1, -0.05) is 17.7 Å². The Balaban J connectivity index is 1.37. The van der Waals surface area contributed by atoms with E-state index in [1.54, 1.807) is 27.7 Å². The molecular weight excluding hydrogens is 930 g/mol. The number of nitrogen functional groups attached to an aromatic ring is 1. The number of hydrogen-bond acceptors (Lipinski definition) is 14. The van der Waals surface area contributed by atoms with Gasteiger partial charge in [-0.2, -0.15) is 28.4 Å². The number of amides is 1. The van der Waals surface area contributed by atoms with E-state index in [0.717, 1.165) is 31.4 Å². The number of carbonyl (C=O) groups is 1. The summed E-state index contributed by atoms with van der Waals surface area (Å²) in [5.41, 5.74) is 0.219. The van der Waals surface area contributed by atoms with Gasteiger partial charge in [-0.15, -0.1) is 11.3 Å². The highest BCUT2D eigenvalue weighted by molar-refractivity contribution is 7.23. The standard InChI is InChI=1S/C45H47ClF6N8O6S/c1-22(26-16-23(46)19-55-38(26)54)56-39-32-35(57-41(58-39)65-21-44-11-7-12-60(44)20-24(47)17-44)34(49)31(33(45(50,51)52)36(32)64-15-14-63-29-8-5-6-13-62-29)25-9-10-28(48)37-30(25)27(18-53)40(67-37)59-42(61)66-43(2,3)4/h9-10,16,19,22,24,29H,5-8,11-15,17,20-21H2,1-4H3,(H2,54,55)(H,59,61)(H,56,57,58)/t22-,24-,29?,44+/m1/s1. The van der Waals surface area contributed by atoms with Crippen LogP contribution in [0.25, 0.3) is 32.1 Å². The van der Waals surface area contributed by atoms with Crippen LogP contribution in [0.1, 0.15) is 89.0 Å². The van der Waals surface area contributed by atoms with Crippen molar-refractivity contribution in [3.63, 3.8) is 0 Å². The number of rotatable bonds is 13. The molecule has 14 nitrogen and oxygen atoms in total. The summed E-state index contributed by atoms with van der Waals surface area (Å²) in [6, 6.07) is 3.70. The Morgan fingerprint density at radius 1 is 1.15 bits per heavy atom. The number of fused-ring (bicyclic) bond motifs is 3. The van der Waals surface area contributed by atoms with Crippen molar-refractivity contribution >= 4 is 66.7 Å². The normalized spacial score (nSPS) is 20.4. The van der Waals surface area contributed by atoms with Crippen LogP contribution >= 0.6 is 22.9 Å². The van der Waals surface area contributed by atoms with Crippen molar-refractivity contribution in [1.82, 2.24) is 19.9 Å². The molecule has 2 aromatic carbocycles. The van der Waals surface area contributed by atoms with Gasteiger partial charge in [-0.25, -0.2) is 22.9 Å². The van der Waals surface area contributed by atoms with Gasteiger partial charge in [0.1, 0.15) is 70.3 Å². The molecule has 3 fully saturated rings. The number of pyridine rings is 1. The molecule has 0 aliphatic carbocycles. The number of thiophene rings is 1. The Morgan fingerprint density at radius 3 is 2.66 bits per heavy atom. The number of aromatic nitrogens is 3. The summed E-state index contributed by atoms with van der Waals surface area (Å²) in [6.07, 6.45) is -3.27. The fraction of sp³-hybridized carbons (Fsp3) is 0.489. The third-order valence-electron chi connectivity index (χ3n) is 11.8. The summed E-state index contributed by atoms with van der Waals surface area (Å²) < 4.78 is 126. The maximum atomic E-state index is 18.0. The van der Waals surface area contributed by atoms with Crippen molar-refractivity contribution < 1.29 is 54.8 Å². The largest absolute Gasteiger partial charge is 0.490 e. The van der Waals surface area contributed by atoms with Crippen molar-refractivity contribution in [2.45, 2.75) is 102 Å². The lowest BCUT2D eigenvalue weighted by atomic mass is 9.91. The van der Waals surface area contributed by atoms with E-state index in [-0.39, 0.29) is 52.5 Å². The van der Waals surface area contributed by atoms with Crippen LogP contribution in [0.5, 0.6) is 11.8 Å². The minimum atomic E-state index is -5.43. The molecule has 4 atom stereocenters. The number of nitrogens with two attached hydrogens (primary N) is 1. The molecule has 0 radical (unpaired) electrons. The van der Waals surface area contributed by atoms with Crippen LogP contribution < -0.4 is 25.8 Å². The fourth-order valence-corrected chi connectivity index (χ4v) is 10.2. The van der Waals surface area contributed by atoms with Gasteiger partial charge in [0.2, 0.25) is 0 Å². The number of anilines is 3. The van der Waals surface area contributed by atoms with Crippen molar-refractivity contribution in [3.05, 3.63) is 57.7 Å². The number of nitrogens with one attached hydrogen (secondary N) is 2. The first-order valence-corrected chi connectivity index (χ1v) is 22.8. The molecule has 3 aliphatic rings. The first kappa shape index (κ1) is 48.1. The molecule has 67 heavy (non-hydrogen) atoms. The van der Waals surface area contributed by atoms with Gasteiger partial charge >= 0.3 is 18.3 Å². The molecule has 3 saturated heterocycles. The molecule has 358 valence electrons. The van der Waals surface area contributed by atoms with Gasteiger partial charge in [0.15, 0.2) is 12.1 Å². The fourth-order valence-electron chi connectivity index (χ4n) is 9.00. The zero-order chi connectivity index (χ0) is 48.0. The van der Waals surface area contributed by atoms with Crippen molar-refractivity contribution in [2.75, 3.05) is 55.9 Å². The monoisotopic (exact) mass is 976 g/mol. The Morgan fingerprint density at radius 2 is 1.94 bits per heavy atom. The highest BCUT2D eigenvalue weighted by atomic mass is 35.5. The average Bonchev–Trinajstić information content (AvgIpc) is 3.92. The van der Waals surface area contributed by atoms with E-state index in [1.165, 1.54) is 12.3 Å². The van der Waals surface area contributed by atoms with Gasteiger partial charge in [-0.3, -0.25) is 10.2 Å². The molecule has 1 unspecified atom stereocenters. The second kappa shape index (κ2) is 18.9. The zero-order valence-corrected chi connectivity index (χ0v) is 38.4. The Labute approximate surface area is 390 Å². The molecule has 3 aliphatic heterocycles. The number of alkyl halides is 4. The van der Waals surface area contributed by atoms with Gasteiger partial charge in [0.05, 0.1) is 38.9 Å². The second-order valence-corrected chi connectivity index (χ2v) is 19.1. The Kier molecular flexibility index (Phi) is 13.6. The number of hydrogen-bond donors (Lipinski definition) is 3. The number of ether oxygens (including phenoxy) is 5. The van der Waals surface area contributed by atoms with Crippen LogP contribution in [0.2, 0.25) is 5.02 Å². The quantitative estimate of drug-likeness (QED) is 0.0750. The Bertz CT molecular complexity index is 2750. The van der Waals surface area contributed by atoms with Crippen molar-refractivity contribution in [1.29, 1.82) is 5.26 Å². The molecule has 22 heteroatoms. The molecular formula is C45H47ClF6N8O6S. The summed E-state index contributed by atoms with van der Waals surface area (Å²) >= 11 is 6.83. The predicted molar refractivity (Wildman–Crippen MR) is 239 cm³/mol. The molecule has 0 spiro atoms. The van der Waals surface area contributed by atoms with Crippen LogP contribution in [0.4, 0.5) is 47.8 Å². The summed E-state index contributed by atoms with van der Waals surface area (Å²) in [5.74, 6) is -3.84. The zero-order valence-electron chi connectivity index (χ0n) is 36.8. The van der Waals surface area contributed by atoms with E-state index < -0.39 is 110 Å². The molecule has 5 aromatic rings. The minimum Gasteiger partial charge on any atom is -0.490 e. The van der Waals surface area contributed by atoms with Gasteiger partial charge in [0, 0.05) is 42.3 Å². The van der Waals surface area contributed by atoms with E-state index >= 15 is 22.0 Å². The second-order valence-electron chi connectivity index (χ2n) is 17.7. The highest BCUT2D eigenvalue weighted by Crippen LogP contribution is 2.53. The highest BCUT2D eigenvalue weighted by Gasteiger charge is 2.50. The molecule has 3 aromatic heterocycles. The summed E-state index contributed by atoms with van der Waals surface area (Å²) in [6.45, 7) is 6.66. The van der Waals surface area contributed by atoms with Crippen LogP contribution in [0.15, 0.2) is 24.4 Å². The first-order valence-electron chi connectivity index (χ1n) is 21.6. The maximum absolute atomic E-state index is 18.0. The SMILES string of the molecule is C[C@@H](Nc1nc(OC[C@@]23CCCN2C[C@H](F)C3)nc2c(F)c(-c3ccc(F)c4sc(NC(=O)OC(C)(C)C)c(C#N)c34)c(C(F)(F)F)c(OCCOC3CCCCO3)c12)c1cc(Cl)cnc1N. The Hall–Kier alpha value is -5.40. The molecule has 0 saturated carbocycles. The van der Waals surface area contributed by atoms with Gasteiger partial charge < -0.3 is 34.7 Å².